The Morgan fingerprint density at radius 3 is 2.46 bits per heavy atom. The van der Waals surface area contributed by atoms with Gasteiger partial charge in [-0.1, -0.05) is 46.3 Å². The molecule has 0 saturated heterocycles. The first-order valence-electron chi connectivity index (χ1n) is 9.07. The summed E-state index contributed by atoms with van der Waals surface area (Å²) in [6.45, 7) is 5.26. The zero-order chi connectivity index (χ0) is 20.5. The summed E-state index contributed by atoms with van der Waals surface area (Å²) in [5.41, 5.74) is 0.0431. The minimum atomic E-state index is -1.13. The SMILES string of the molecule is CC(C)(C)OC(=O)N1C(=O)[C@](CCC=O)(c2ccccc2)c2cc(Br)ccc21. The molecule has 0 fully saturated rings. The Balaban J connectivity index is 2.23. The van der Waals surface area contributed by atoms with Crippen molar-refractivity contribution in [2.45, 2.75) is 44.6 Å². The summed E-state index contributed by atoms with van der Waals surface area (Å²) in [4.78, 5) is 38.9. The molecule has 146 valence electrons. The third-order valence-corrected chi connectivity index (χ3v) is 5.20. The number of halogens is 1. The van der Waals surface area contributed by atoms with Gasteiger partial charge in [0.25, 0.3) is 5.91 Å². The first-order valence-corrected chi connectivity index (χ1v) is 9.87. The summed E-state index contributed by atoms with van der Waals surface area (Å²) in [5.74, 6) is -0.400. The summed E-state index contributed by atoms with van der Waals surface area (Å²) in [5, 5.41) is 0. The molecule has 0 N–H and O–H groups in total. The quantitative estimate of drug-likeness (QED) is 0.623. The number of rotatable bonds is 4. The Kier molecular flexibility index (Phi) is 5.44. The highest BCUT2D eigenvalue weighted by atomic mass is 79.9. The van der Waals surface area contributed by atoms with E-state index in [1.165, 1.54) is 0 Å². The second-order valence-corrected chi connectivity index (χ2v) is 8.67. The molecule has 0 unspecified atom stereocenters. The van der Waals surface area contributed by atoms with Gasteiger partial charge in [0.15, 0.2) is 0 Å². The highest BCUT2D eigenvalue weighted by Crippen LogP contribution is 2.50. The normalized spacial score (nSPS) is 18.7. The van der Waals surface area contributed by atoms with Crippen LogP contribution in [0.25, 0.3) is 0 Å². The zero-order valence-corrected chi connectivity index (χ0v) is 17.7. The lowest BCUT2D eigenvalue weighted by Gasteiger charge is -2.29. The van der Waals surface area contributed by atoms with Gasteiger partial charge in [0.2, 0.25) is 0 Å². The van der Waals surface area contributed by atoms with Crippen LogP contribution in [0.3, 0.4) is 0 Å². The van der Waals surface area contributed by atoms with Gasteiger partial charge in [0.05, 0.1) is 5.69 Å². The largest absolute Gasteiger partial charge is 0.443 e. The average Bonchev–Trinajstić information content (AvgIpc) is 2.87. The number of anilines is 1. The van der Waals surface area contributed by atoms with Crippen LogP contribution in [0.2, 0.25) is 0 Å². The van der Waals surface area contributed by atoms with Crippen molar-refractivity contribution >= 4 is 39.9 Å². The lowest BCUT2D eigenvalue weighted by molar-refractivity contribution is -0.122. The van der Waals surface area contributed by atoms with Crippen molar-refractivity contribution in [1.29, 1.82) is 0 Å². The fraction of sp³-hybridized carbons (Fsp3) is 0.318. The molecule has 0 aliphatic carbocycles. The maximum atomic E-state index is 13.7. The molecule has 0 radical (unpaired) electrons. The minimum Gasteiger partial charge on any atom is -0.443 e. The van der Waals surface area contributed by atoms with Crippen LogP contribution in [0.5, 0.6) is 0 Å². The molecule has 1 heterocycles. The smallest absolute Gasteiger partial charge is 0.421 e. The molecule has 1 aliphatic rings. The lowest BCUT2D eigenvalue weighted by Crippen LogP contribution is -2.46. The molecule has 0 saturated carbocycles. The number of aldehydes is 1. The van der Waals surface area contributed by atoms with Crippen LogP contribution >= 0.6 is 15.9 Å². The summed E-state index contributed by atoms with van der Waals surface area (Å²) < 4.78 is 6.29. The van der Waals surface area contributed by atoms with E-state index >= 15 is 0 Å². The molecule has 0 aromatic heterocycles. The van der Waals surface area contributed by atoms with Crippen molar-refractivity contribution in [2.24, 2.45) is 0 Å². The fourth-order valence-corrected chi connectivity index (χ4v) is 3.97. The van der Waals surface area contributed by atoms with Crippen LogP contribution in [0.4, 0.5) is 10.5 Å². The summed E-state index contributed by atoms with van der Waals surface area (Å²) in [6, 6.07) is 14.6. The molecule has 2 aromatic carbocycles. The van der Waals surface area contributed by atoms with Gasteiger partial charge in [-0.05, 0) is 56.5 Å². The van der Waals surface area contributed by atoms with Gasteiger partial charge in [-0.2, -0.15) is 0 Å². The third-order valence-electron chi connectivity index (χ3n) is 4.71. The van der Waals surface area contributed by atoms with E-state index in [0.29, 0.717) is 11.3 Å². The number of hydrogen-bond donors (Lipinski definition) is 0. The number of nitrogens with zero attached hydrogens (tertiary/aromatic N) is 1. The Labute approximate surface area is 172 Å². The second-order valence-electron chi connectivity index (χ2n) is 7.76. The van der Waals surface area contributed by atoms with Gasteiger partial charge >= 0.3 is 6.09 Å². The molecule has 2 amide bonds. The van der Waals surface area contributed by atoms with E-state index in [-0.39, 0.29) is 12.8 Å². The van der Waals surface area contributed by atoms with E-state index in [2.05, 4.69) is 15.9 Å². The highest BCUT2D eigenvalue weighted by Gasteiger charge is 2.54. The number of benzene rings is 2. The van der Waals surface area contributed by atoms with Crippen LogP contribution in [-0.2, 0) is 19.7 Å². The molecule has 5 nitrogen and oxygen atoms in total. The molecule has 0 spiro atoms. The molecule has 1 atom stereocenters. The van der Waals surface area contributed by atoms with Crippen LogP contribution < -0.4 is 4.90 Å². The zero-order valence-electron chi connectivity index (χ0n) is 16.1. The van der Waals surface area contributed by atoms with E-state index in [1.54, 1.807) is 32.9 Å². The number of hydrogen-bond acceptors (Lipinski definition) is 4. The number of carbonyl (C=O) groups excluding carboxylic acids is 3. The first-order chi connectivity index (χ1) is 13.2. The lowest BCUT2D eigenvalue weighted by atomic mass is 9.72. The number of ether oxygens (including phenoxy) is 1. The fourth-order valence-electron chi connectivity index (χ4n) is 3.61. The Bertz CT molecular complexity index is 920. The van der Waals surface area contributed by atoms with Crippen LogP contribution in [0.15, 0.2) is 53.0 Å². The minimum absolute atomic E-state index is 0.189. The van der Waals surface area contributed by atoms with Crippen molar-refractivity contribution in [1.82, 2.24) is 0 Å². The highest BCUT2D eigenvalue weighted by molar-refractivity contribution is 9.10. The number of carbonyl (C=O) groups is 3. The first kappa shape index (κ1) is 20.3. The van der Waals surface area contributed by atoms with Gasteiger partial charge < -0.3 is 9.53 Å². The molecule has 1 aliphatic heterocycles. The molecule has 3 rings (SSSR count). The van der Waals surface area contributed by atoms with E-state index in [0.717, 1.165) is 21.2 Å². The van der Waals surface area contributed by atoms with Crippen molar-refractivity contribution in [3.63, 3.8) is 0 Å². The van der Waals surface area contributed by atoms with Crippen molar-refractivity contribution in [3.8, 4) is 0 Å². The Morgan fingerprint density at radius 2 is 1.86 bits per heavy atom. The van der Waals surface area contributed by atoms with E-state index in [1.807, 2.05) is 36.4 Å². The van der Waals surface area contributed by atoms with E-state index in [9.17, 15) is 14.4 Å². The Hall–Kier alpha value is -2.47. The average molecular weight is 444 g/mol. The number of imide groups is 1. The topological polar surface area (TPSA) is 63.7 Å². The maximum Gasteiger partial charge on any atom is 0.421 e. The molecular formula is C22H22BrNO4. The summed E-state index contributed by atoms with van der Waals surface area (Å²) in [6.07, 6.45) is 0.535. The third kappa shape index (κ3) is 3.49. The van der Waals surface area contributed by atoms with Gasteiger partial charge in [-0.3, -0.25) is 4.79 Å². The molecule has 28 heavy (non-hydrogen) atoms. The Morgan fingerprint density at radius 1 is 1.18 bits per heavy atom. The van der Waals surface area contributed by atoms with Gasteiger partial charge in [0, 0.05) is 10.9 Å². The summed E-state index contributed by atoms with van der Waals surface area (Å²) >= 11 is 3.47. The van der Waals surface area contributed by atoms with Crippen LogP contribution in [0.1, 0.15) is 44.7 Å². The molecule has 2 aromatic rings. The van der Waals surface area contributed by atoms with Crippen molar-refractivity contribution < 1.29 is 19.1 Å². The molecule has 6 heteroatoms. The summed E-state index contributed by atoms with van der Waals surface area (Å²) in [7, 11) is 0. The maximum absolute atomic E-state index is 13.7. The monoisotopic (exact) mass is 443 g/mol. The van der Waals surface area contributed by atoms with E-state index in [4.69, 9.17) is 4.74 Å². The number of amides is 2. The van der Waals surface area contributed by atoms with Crippen molar-refractivity contribution in [3.05, 3.63) is 64.1 Å². The predicted octanol–water partition coefficient (Wildman–Crippen LogP) is 5.00. The number of fused-ring (bicyclic) bond motifs is 1. The van der Waals surface area contributed by atoms with Gasteiger partial charge in [-0.25, -0.2) is 9.69 Å². The second kappa shape index (κ2) is 7.51. The van der Waals surface area contributed by atoms with Gasteiger partial charge in [0.1, 0.15) is 17.3 Å². The predicted molar refractivity (Wildman–Crippen MR) is 110 cm³/mol. The van der Waals surface area contributed by atoms with Crippen LogP contribution in [-0.4, -0.2) is 23.9 Å². The molecular weight excluding hydrogens is 422 g/mol. The van der Waals surface area contributed by atoms with Crippen molar-refractivity contribution in [2.75, 3.05) is 4.90 Å². The standard InChI is InChI=1S/C22H22BrNO4/c1-21(2,3)28-20(27)24-18-11-10-16(23)14-17(18)22(19(24)26,12-7-13-25)15-8-5-4-6-9-15/h4-6,8-11,13-14H,7,12H2,1-3H3/t22-/m1/s1. The van der Waals surface area contributed by atoms with E-state index < -0.39 is 23.0 Å². The van der Waals surface area contributed by atoms with Gasteiger partial charge in [-0.15, -0.1) is 0 Å². The molecule has 0 bridgehead atoms. The van der Waals surface area contributed by atoms with Crippen LogP contribution in [0, 0.1) is 0 Å².